The van der Waals surface area contributed by atoms with E-state index in [-0.39, 0.29) is 10.9 Å². The van der Waals surface area contributed by atoms with Crippen LogP contribution in [0, 0.1) is 0 Å². The van der Waals surface area contributed by atoms with E-state index in [9.17, 15) is 9.59 Å². The Balaban J connectivity index is 1.16. The highest BCUT2D eigenvalue weighted by molar-refractivity contribution is 7.23. The lowest BCUT2D eigenvalue weighted by Gasteiger charge is -2.08. The number of benzene rings is 3. The Morgan fingerprint density at radius 2 is 0.841 bits per heavy atom. The van der Waals surface area contributed by atoms with Crippen LogP contribution in [0.2, 0.25) is 0 Å². The molecule has 0 aliphatic carbocycles. The molecule has 3 aromatic carbocycles. The SMILES string of the molecule is O=c1c2cc(-c3ccc(-c4cccs4)s3)ccc2[nH]c2cc3c(=O)c4cc(-c5ccc(-c6cccs6)s5)ccc4[nH]c3cc12. The number of nitrogens with one attached hydrogen (secondary N) is 2. The van der Waals surface area contributed by atoms with Crippen LogP contribution in [0.5, 0.6) is 0 Å². The summed E-state index contributed by atoms with van der Waals surface area (Å²) in [6.45, 7) is 0. The molecule has 0 saturated heterocycles. The van der Waals surface area contributed by atoms with Crippen LogP contribution in [0.3, 0.4) is 0 Å². The molecule has 8 heteroatoms. The normalized spacial score (nSPS) is 11.8. The Hall–Kier alpha value is -4.60. The molecule has 0 aliphatic heterocycles. The van der Waals surface area contributed by atoms with Gasteiger partial charge in [-0.25, -0.2) is 0 Å². The predicted octanol–water partition coefficient (Wildman–Crippen LogP) is 10.6. The van der Waals surface area contributed by atoms with Gasteiger partial charge < -0.3 is 9.97 Å². The number of rotatable bonds is 4. The minimum atomic E-state index is -0.0527. The summed E-state index contributed by atoms with van der Waals surface area (Å²) in [4.78, 5) is 41.7. The molecule has 210 valence electrons. The van der Waals surface area contributed by atoms with E-state index in [4.69, 9.17) is 0 Å². The largest absolute Gasteiger partial charge is 0.354 e. The summed E-state index contributed by atoms with van der Waals surface area (Å²) in [5.74, 6) is 0. The molecule has 0 radical (unpaired) electrons. The molecule has 0 aliphatic rings. The van der Waals surface area contributed by atoms with Gasteiger partial charge in [-0.3, -0.25) is 9.59 Å². The molecular formula is C36H20N2O2S4. The zero-order valence-corrected chi connectivity index (χ0v) is 26.1. The molecule has 0 spiro atoms. The van der Waals surface area contributed by atoms with Crippen LogP contribution in [0.15, 0.2) is 117 Å². The zero-order chi connectivity index (χ0) is 29.4. The second kappa shape index (κ2) is 9.97. The van der Waals surface area contributed by atoms with Crippen LogP contribution in [-0.4, -0.2) is 9.97 Å². The number of pyridine rings is 2. The maximum Gasteiger partial charge on any atom is 0.197 e. The Morgan fingerprint density at radius 1 is 0.409 bits per heavy atom. The first-order valence-corrected chi connectivity index (χ1v) is 17.4. The van der Waals surface area contributed by atoms with Crippen molar-refractivity contribution in [1.29, 1.82) is 0 Å². The van der Waals surface area contributed by atoms with Gasteiger partial charge in [-0.1, -0.05) is 24.3 Å². The number of hydrogen-bond acceptors (Lipinski definition) is 6. The van der Waals surface area contributed by atoms with Crippen molar-refractivity contribution in [3.63, 3.8) is 0 Å². The van der Waals surface area contributed by atoms with Gasteiger partial charge in [0.05, 0.1) is 11.0 Å². The predicted molar refractivity (Wildman–Crippen MR) is 191 cm³/mol. The van der Waals surface area contributed by atoms with Crippen LogP contribution in [0.1, 0.15) is 0 Å². The van der Waals surface area contributed by atoms with E-state index in [1.165, 1.54) is 19.5 Å². The molecule has 9 rings (SSSR count). The fourth-order valence-electron chi connectivity index (χ4n) is 5.84. The number of hydrogen-bond donors (Lipinski definition) is 2. The Bertz CT molecular complexity index is 2470. The van der Waals surface area contributed by atoms with Crippen LogP contribution in [-0.2, 0) is 0 Å². The van der Waals surface area contributed by atoms with E-state index in [2.05, 4.69) is 69.3 Å². The molecular weight excluding hydrogens is 621 g/mol. The van der Waals surface area contributed by atoms with Crippen molar-refractivity contribution in [2.75, 3.05) is 0 Å². The molecule has 0 atom stereocenters. The summed E-state index contributed by atoms with van der Waals surface area (Å²) in [6.07, 6.45) is 0. The van der Waals surface area contributed by atoms with Crippen LogP contribution >= 0.6 is 45.3 Å². The highest BCUT2D eigenvalue weighted by Gasteiger charge is 2.14. The van der Waals surface area contributed by atoms with Gasteiger partial charge in [0.15, 0.2) is 10.9 Å². The first-order valence-electron chi connectivity index (χ1n) is 14.0. The van der Waals surface area contributed by atoms with Crippen molar-refractivity contribution in [2.24, 2.45) is 0 Å². The number of aromatic nitrogens is 2. The minimum Gasteiger partial charge on any atom is -0.354 e. The summed E-state index contributed by atoms with van der Waals surface area (Å²) in [7, 11) is 0. The van der Waals surface area contributed by atoms with Gasteiger partial charge in [0, 0.05) is 61.8 Å². The Labute approximate surface area is 266 Å². The van der Waals surface area contributed by atoms with Crippen molar-refractivity contribution >= 4 is 89.0 Å². The number of thiophene rings is 4. The topological polar surface area (TPSA) is 65.7 Å². The van der Waals surface area contributed by atoms with Crippen molar-refractivity contribution < 1.29 is 0 Å². The van der Waals surface area contributed by atoms with Crippen molar-refractivity contribution in [3.8, 4) is 40.4 Å². The molecule has 0 bridgehead atoms. The fraction of sp³-hybridized carbons (Fsp3) is 0. The van der Waals surface area contributed by atoms with E-state index < -0.39 is 0 Å². The Morgan fingerprint density at radius 3 is 1.27 bits per heavy atom. The lowest BCUT2D eigenvalue weighted by molar-refractivity contribution is 1.46. The van der Waals surface area contributed by atoms with E-state index >= 15 is 0 Å². The van der Waals surface area contributed by atoms with Gasteiger partial charge in [0.1, 0.15) is 0 Å². The van der Waals surface area contributed by atoms with Crippen molar-refractivity contribution in [1.82, 2.24) is 9.97 Å². The highest BCUT2D eigenvalue weighted by atomic mass is 32.1. The molecule has 0 unspecified atom stereocenters. The molecule has 0 fully saturated rings. The summed E-state index contributed by atoms with van der Waals surface area (Å²) >= 11 is 6.90. The van der Waals surface area contributed by atoms with Crippen LogP contribution in [0.25, 0.3) is 84.0 Å². The molecule has 6 aromatic heterocycles. The zero-order valence-electron chi connectivity index (χ0n) is 22.8. The average Bonchev–Trinajstić information content (AvgIpc) is 3.87. The minimum absolute atomic E-state index is 0.0527. The second-order valence-corrected chi connectivity index (χ2v) is 14.7. The molecule has 44 heavy (non-hydrogen) atoms. The third-order valence-corrected chi connectivity index (χ3v) is 12.4. The maximum absolute atomic E-state index is 13.8. The van der Waals surface area contributed by atoms with Gasteiger partial charge >= 0.3 is 0 Å². The summed E-state index contributed by atoms with van der Waals surface area (Å²) in [6, 6.07) is 32.5. The van der Waals surface area contributed by atoms with Gasteiger partial charge in [-0.05, 0) is 94.7 Å². The van der Waals surface area contributed by atoms with Crippen LogP contribution in [0.4, 0.5) is 0 Å². The van der Waals surface area contributed by atoms with Gasteiger partial charge in [-0.2, -0.15) is 0 Å². The summed E-state index contributed by atoms with van der Waals surface area (Å²) in [5.41, 5.74) is 4.72. The van der Waals surface area contributed by atoms with E-state index in [0.717, 1.165) is 31.9 Å². The summed E-state index contributed by atoms with van der Waals surface area (Å²) < 4.78 is 0. The van der Waals surface area contributed by atoms with E-state index in [1.54, 1.807) is 45.3 Å². The quantitative estimate of drug-likeness (QED) is 0.188. The molecule has 6 heterocycles. The van der Waals surface area contributed by atoms with E-state index in [0.29, 0.717) is 32.6 Å². The molecule has 0 amide bonds. The fourth-order valence-corrected chi connectivity index (χ4v) is 9.51. The van der Waals surface area contributed by atoms with Gasteiger partial charge in [0.2, 0.25) is 0 Å². The standard InChI is InChI=1S/C36H20N2O2S4/c39-35-21-15-19(29-9-11-33(43-29)31-3-1-13-41-31)5-7-25(21)37-27-18-24-28(17-23(27)35)38-26-8-6-20(16-22(26)36(24)40)30-10-12-34(44-30)32-4-2-14-42-32/h1-18H,(H,37,39)(H,38,40). The maximum atomic E-state index is 13.8. The second-order valence-electron chi connectivity index (χ2n) is 10.7. The first kappa shape index (κ1) is 25.9. The third kappa shape index (κ3) is 4.14. The van der Waals surface area contributed by atoms with Crippen molar-refractivity contribution in [3.05, 3.63) is 128 Å². The molecule has 0 saturated carbocycles. The van der Waals surface area contributed by atoms with Crippen molar-refractivity contribution in [2.45, 2.75) is 0 Å². The molecule has 4 nitrogen and oxygen atoms in total. The molecule has 2 N–H and O–H groups in total. The lowest BCUT2D eigenvalue weighted by Crippen LogP contribution is -2.08. The van der Waals surface area contributed by atoms with Gasteiger partial charge in [0.25, 0.3) is 0 Å². The lowest BCUT2D eigenvalue weighted by atomic mass is 10.0. The van der Waals surface area contributed by atoms with E-state index in [1.807, 2.05) is 48.5 Å². The number of aromatic amines is 2. The van der Waals surface area contributed by atoms with Gasteiger partial charge in [-0.15, -0.1) is 45.3 Å². The third-order valence-electron chi connectivity index (χ3n) is 8.02. The smallest absolute Gasteiger partial charge is 0.197 e. The van der Waals surface area contributed by atoms with Crippen LogP contribution < -0.4 is 10.9 Å². The monoisotopic (exact) mass is 640 g/mol. The molecule has 9 aromatic rings. The Kier molecular flexibility index (Phi) is 5.86. The number of fused-ring (bicyclic) bond motifs is 4. The highest BCUT2D eigenvalue weighted by Crippen LogP contribution is 2.38. The average molecular weight is 641 g/mol. The first-order chi connectivity index (χ1) is 21.6. The number of H-pyrrole nitrogens is 2. The summed E-state index contributed by atoms with van der Waals surface area (Å²) in [5, 5.41) is 6.54.